The van der Waals surface area contributed by atoms with Crippen molar-refractivity contribution < 1.29 is 14.0 Å². The number of likely N-dealkylation sites (N-methyl/N-ethyl adjacent to an activating group) is 1. The van der Waals surface area contributed by atoms with E-state index in [-0.39, 0.29) is 18.3 Å². The van der Waals surface area contributed by atoms with Crippen LogP contribution in [0.5, 0.6) is 0 Å². The lowest BCUT2D eigenvalue weighted by Crippen LogP contribution is -2.28. The number of aromatic nitrogens is 4. The monoisotopic (exact) mass is 415 g/mol. The number of hydrogen-bond donors (Lipinski definition) is 3. The first-order valence-electron chi connectivity index (χ1n) is 9.73. The van der Waals surface area contributed by atoms with Gasteiger partial charge >= 0.3 is 0 Å². The quantitative estimate of drug-likeness (QED) is 0.344. The van der Waals surface area contributed by atoms with Gasteiger partial charge in [0.15, 0.2) is 11.5 Å². The van der Waals surface area contributed by atoms with Crippen LogP contribution in [0.25, 0.3) is 11.0 Å². The highest BCUT2D eigenvalue weighted by Crippen LogP contribution is 2.16. The fourth-order valence-electron chi connectivity index (χ4n) is 3.19. The van der Waals surface area contributed by atoms with E-state index >= 15 is 0 Å². The van der Waals surface area contributed by atoms with Crippen LogP contribution in [0, 0.1) is 5.82 Å². The van der Waals surface area contributed by atoms with Crippen LogP contribution in [0.1, 0.15) is 41.8 Å². The van der Waals surface area contributed by atoms with Gasteiger partial charge in [-0.25, -0.2) is 9.37 Å². The zero-order valence-corrected chi connectivity index (χ0v) is 17.3. The average Bonchev–Trinajstić information content (AvgIpc) is 3.29. The molecule has 0 bridgehead atoms. The van der Waals surface area contributed by atoms with E-state index in [1.54, 1.807) is 0 Å². The minimum Gasteiger partial charge on any atom is -0.357 e. The molecule has 3 aromatic rings. The average molecular weight is 415 g/mol. The van der Waals surface area contributed by atoms with Crippen LogP contribution < -0.4 is 10.6 Å². The van der Waals surface area contributed by atoms with E-state index in [0.717, 1.165) is 35.9 Å². The van der Waals surface area contributed by atoms with Gasteiger partial charge in [-0.1, -0.05) is 6.07 Å². The summed E-state index contributed by atoms with van der Waals surface area (Å²) in [7, 11) is 1.98. The van der Waals surface area contributed by atoms with Crippen LogP contribution in [0.2, 0.25) is 0 Å². The lowest BCUT2D eigenvalue weighted by atomic mass is 10.2. The third-order valence-electron chi connectivity index (χ3n) is 4.64. The predicted octanol–water partition coefficient (Wildman–Crippen LogP) is 1.59. The smallest absolute Gasteiger partial charge is 0.272 e. The van der Waals surface area contributed by atoms with Crippen molar-refractivity contribution in [2.24, 2.45) is 0 Å². The summed E-state index contributed by atoms with van der Waals surface area (Å²) in [5, 5.41) is 9.25. The number of aromatic amines is 1. The number of hydrogen-bond acceptors (Lipinski definition) is 5. The highest BCUT2D eigenvalue weighted by atomic mass is 19.1. The summed E-state index contributed by atoms with van der Waals surface area (Å²) >= 11 is 0. The second kappa shape index (κ2) is 9.49. The molecule has 10 heteroatoms. The zero-order valence-electron chi connectivity index (χ0n) is 17.3. The third-order valence-corrected chi connectivity index (χ3v) is 4.64. The number of imidazole rings is 1. The molecular weight excluding hydrogens is 389 g/mol. The molecule has 0 saturated heterocycles. The molecule has 3 N–H and O–H groups in total. The molecule has 0 fully saturated rings. The number of carbonyl (C=O) groups is 2. The first-order chi connectivity index (χ1) is 14.4. The van der Waals surface area contributed by atoms with Crippen LogP contribution in [-0.2, 0) is 17.9 Å². The maximum atomic E-state index is 14.0. The van der Waals surface area contributed by atoms with Crippen LogP contribution in [0.15, 0.2) is 24.4 Å². The summed E-state index contributed by atoms with van der Waals surface area (Å²) in [6, 6.07) is 5.78. The second-order valence-electron chi connectivity index (χ2n) is 7.41. The molecule has 0 saturated carbocycles. The Hall–Kier alpha value is -3.27. The molecule has 160 valence electrons. The van der Waals surface area contributed by atoms with Gasteiger partial charge in [0, 0.05) is 25.7 Å². The number of benzene rings is 1. The number of rotatable bonds is 10. The van der Waals surface area contributed by atoms with Crippen LogP contribution in [-0.4, -0.2) is 57.1 Å². The highest BCUT2D eigenvalue weighted by molar-refractivity contribution is 5.92. The van der Waals surface area contributed by atoms with Gasteiger partial charge in [0.25, 0.3) is 5.91 Å². The molecule has 0 atom stereocenters. The fraction of sp³-hybridized carbons (Fsp3) is 0.400. The Balaban J connectivity index is 1.64. The standard InChI is InChI=1S/C20H26FN7O2/c1-13(2)28-19(15(21)9-24-28)20(30)23-10-18-25-16-5-4-14(8-17(16)26-18)11-27(3)7-6-22-12-29/h4-5,8-9,12-13H,6-7,10-11H2,1-3H3,(H,22,29)(H,23,30)(H,25,26). The molecule has 9 nitrogen and oxygen atoms in total. The summed E-state index contributed by atoms with van der Waals surface area (Å²) < 4.78 is 15.3. The van der Waals surface area contributed by atoms with E-state index in [4.69, 9.17) is 0 Å². The van der Waals surface area contributed by atoms with E-state index in [2.05, 4.69) is 30.6 Å². The third kappa shape index (κ3) is 5.01. The molecule has 0 aliphatic heterocycles. The summed E-state index contributed by atoms with van der Waals surface area (Å²) in [6.07, 6.45) is 1.74. The van der Waals surface area contributed by atoms with E-state index in [0.29, 0.717) is 18.8 Å². The van der Waals surface area contributed by atoms with E-state index in [1.165, 1.54) is 4.68 Å². The van der Waals surface area contributed by atoms with E-state index < -0.39 is 11.7 Å². The molecule has 2 amide bonds. The zero-order chi connectivity index (χ0) is 21.7. The normalized spacial score (nSPS) is 11.4. The van der Waals surface area contributed by atoms with Gasteiger partial charge in [0.2, 0.25) is 6.41 Å². The molecule has 1 aromatic carbocycles. The minimum absolute atomic E-state index is 0.0875. The molecule has 30 heavy (non-hydrogen) atoms. The molecule has 0 unspecified atom stereocenters. The minimum atomic E-state index is -0.650. The van der Waals surface area contributed by atoms with Gasteiger partial charge in [-0.15, -0.1) is 0 Å². The van der Waals surface area contributed by atoms with Gasteiger partial charge < -0.3 is 20.5 Å². The lowest BCUT2D eigenvalue weighted by Gasteiger charge is -2.16. The highest BCUT2D eigenvalue weighted by Gasteiger charge is 2.20. The van der Waals surface area contributed by atoms with Crippen molar-refractivity contribution in [3.8, 4) is 0 Å². The van der Waals surface area contributed by atoms with Crippen molar-refractivity contribution in [3.63, 3.8) is 0 Å². The Labute approximate surface area is 173 Å². The Morgan fingerprint density at radius 2 is 2.20 bits per heavy atom. The van der Waals surface area contributed by atoms with Gasteiger partial charge in [-0.3, -0.25) is 14.3 Å². The lowest BCUT2D eigenvalue weighted by molar-refractivity contribution is -0.109. The van der Waals surface area contributed by atoms with Gasteiger partial charge in [0.05, 0.1) is 23.8 Å². The molecule has 3 rings (SSSR count). The Kier molecular flexibility index (Phi) is 6.78. The molecule has 2 aromatic heterocycles. The largest absolute Gasteiger partial charge is 0.357 e. The van der Waals surface area contributed by atoms with E-state index in [1.807, 2.05) is 39.1 Å². The van der Waals surface area contributed by atoms with Crippen molar-refractivity contribution in [2.45, 2.75) is 33.0 Å². The molecular formula is C20H26FN7O2. The number of H-pyrrole nitrogens is 1. The van der Waals surface area contributed by atoms with Crippen LogP contribution >= 0.6 is 0 Å². The van der Waals surface area contributed by atoms with Crippen molar-refractivity contribution in [1.29, 1.82) is 0 Å². The SMILES string of the molecule is CC(C)n1ncc(F)c1C(=O)NCc1nc2ccc(CN(C)CCNC=O)cc2[nH]1. The van der Waals surface area contributed by atoms with Crippen molar-refractivity contribution in [1.82, 2.24) is 35.3 Å². The number of fused-ring (bicyclic) bond motifs is 1. The van der Waals surface area contributed by atoms with Crippen LogP contribution in [0.4, 0.5) is 4.39 Å². The summed E-state index contributed by atoms with van der Waals surface area (Å²) in [4.78, 5) is 32.5. The molecule has 0 radical (unpaired) electrons. The molecule has 0 aliphatic rings. The number of halogens is 1. The molecule has 0 aliphatic carbocycles. The van der Waals surface area contributed by atoms with Gasteiger partial charge in [-0.05, 0) is 38.6 Å². The second-order valence-corrected chi connectivity index (χ2v) is 7.41. The molecule has 0 spiro atoms. The number of nitrogens with zero attached hydrogens (tertiary/aromatic N) is 4. The van der Waals surface area contributed by atoms with Gasteiger partial charge in [-0.2, -0.15) is 5.10 Å². The summed E-state index contributed by atoms with van der Waals surface area (Å²) in [5.41, 5.74) is 2.65. The first kappa shape index (κ1) is 21.4. The number of amides is 2. The summed E-state index contributed by atoms with van der Waals surface area (Å²) in [5.74, 6) is -0.608. The van der Waals surface area contributed by atoms with Crippen LogP contribution in [0.3, 0.4) is 0 Å². The summed E-state index contributed by atoms with van der Waals surface area (Å²) in [6.45, 7) is 5.85. The van der Waals surface area contributed by atoms with Gasteiger partial charge in [0.1, 0.15) is 5.82 Å². The topological polar surface area (TPSA) is 108 Å². The Bertz CT molecular complexity index is 1030. The van der Waals surface area contributed by atoms with Crippen molar-refractivity contribution in [3.05, 3.63) is 47.3 Å². The first-order valence-corrected chi connectivity index (χ1v) is 9.73. The van der Waals surface area contributed by atoms with E-state index in [9.17, 15) is 14.0 Å². The van der Waals surface area contributed by atoms with Crippen molar-refractivity contribution >= 4 is 23.4 Å². The predicted molar refractivity (Wildman–Crippen MR) is 110 cm³/mol. The fourth-order valence-corrected chi connectivity index (χ4v) is 3.19. The number of nitrogens with one attached hydrogen (secondary N) is 3. The number of carbonyl (C=O) groups excluding carboxylic acids is 2. The van der Waals surface area contributed by atoms with Crippen molar-refractivity contribution in [2.75, 3.05) is 20.1 Å². The maximum absolute atomic E-state index is 14.0. The maximum Gasteiger partial charge on any atom is 0.272 e. The Morgan fingerprint density at radius 3 is 2.93 bits per heavy atom. The molecule has 2 heterocycles. The Morgan fingerprint density at radius 1 is 1.40 bits per heavy atom.